The summed E-state index contributed by atoms with van der Waals surface area (Å²) in [5.74, 6) is 0.772. The predicted molar refractivity (Wildman–Crippen MR) is 64.1 cm³/mol. The predicted octanol–water partition coefficient (Wildman–Crippen LogP) is 3.57. The minimum atomic E-state index is -0.487. The molecule has 1 aromatic rings. The van der Waals surface area contributed by atoms with Gasteiger partial charge in [-0.1, -0.05) is 6.07 Å². The van der Waals surface area contributed by atoms with E-state index < -0.39 is 5.41 Å². The molecule has 1 aromatic carbocycles. The maximum Gasteiger partial charge on any atom is 0.133 e. The van der Waals surface area contributed by atoms with E-state index in [4.69, 9.17) is 10.00 Å². The average Bonchev–Trinajstić information content (AvgIpc) is 2.21. The molecule has 80 valence electrons. The number of benzene rings is 1. The SMILES string of the molecule is COc1cc(C(C)(C)C#N)cc(C)c1Br. The highest BCUT2D eigenvalue weighted by molar-refractivity contribution is 9.10. The van der Waals surface area contributed by atoms with Gasteiger partial charge in [0.25, 0.3) is 0 Å². The van der Waals surface area contributed by atoms with Gasteiger partial charge < -0.3 is 4.74 Å². The number of nitriles is 1. The molecule has 0 saturated heterocycles. The van der Waals surface area contributed by atoms with Gasteiger partial charge in [-0.3, -0.25) is 0 Å². The molecule has 0 N–H and O–H groups in total. The number of rotatable bonds is 2. The summed E-state index contributed by atoms with van der Waals surface area (Å²) in [4.78, 5) is 0. The molecule has 1 rings (SSSR count). The van der Waals surface area contributed by atoms with Crippen LogP contribution in [0.4, 0.5) is 0 Å². The molecule has 0 aliphatic rings. The van der Waals surface area contributed by atoms with E-state index >= 15 is 0 Å². The summed E-state index contributed by atoms with van der Waals surface area (Å²) >= 11 is 3.46. The summed E-state index contributed by atoms with van der Waals surface area (Å²) in [6.07, 6.45) is 0. The van der Waals surface area contributed by atoms with Gasteiger partial charge in [-0.05, 0) is 53.9 Å². The molecule has 0 spiro atoms. The highest BCUT2D eigenvalue weighted by atomic mass is 79.9. The molecule has 0 aliphatic carbocycles. The first-order chi connectivity index (χ1) is 6.92. The molecule has 0 fully saturated rings. The zero-order valence-electron chi connectivity index (χ0n) is 9.39. The molecule has 0 saturated carbocycles. The van der Waals surface area contributed by atoms with E-state index in [9.17, 15) is 0 Å². The number of methoxy groups -OCH3 is 1. The highest BCUT2D eigenvalue weighted by Crippen LogP contribution is 2.34. The Morgan fingerprint density at radius 3 is 2.47 bits per heavy atom. The Kier molecular flexibility index (Phi) is 3.41. The maximum absolute atomic E-state index is 9.07. The fraction of sp³-hybridized carbons (Fsp3) is 0.417. The van der Waals surface area contributed by atoms with Crippen LogP contribution in [0.5, 0.6) is 5.75 Å². The third kappa shape index (κ3) is 2.32. The van der Waals surface area contributed by atoms with Gasteiger partial charge in [0.2, 0.25) is 0 Å². The first-order valence-corrected chi connectivity index (χ1v) is 5.47. The normalized spacial score (nSPS) is 10.9. The summed E-state index contributed by atoms with van der Waals surface area (Å²) in [6.45, 7) is 5.79. The van der Waals surface area contributed by atoms with E-state index in [1.165, 1.54) is 0 Å². The maximum atomic E-state index is 9.07. The summed E-state index contributed by atoms with van der Waals surface area (Å²) < 4.78 is 6.20. The van der Waals surface area contributed by atoms with Crippen molar-refractivity contribution in [2.24, 2.45) is 0 Å². The largest absolute Gasteiger partial charge is 0.496 e. The molecule has 2 nitrogen and oxygen atoms in total. The number of nitrogens with zero attached hydrogens (tertiary/aromatic N) is 1. The second-order valence-electron chi connectivity index (χ2n) is 4.05. The van der Waals surface area contributed by atoms with Gasteiger partial charge in [-0.25, -0.2) is 0 Å². The van der Waals surface area contributed by atoms with Crippen molar-refractivity contribution in [3.8, 4) is 11.8 Å². The summed E-state index contributed by atoms with van der Waals surface area (Å²) in [6, 6.07) is 6.20. The lowest BCUT2D eigenvalue weighted by atomic mass is 9.85. The van der Waals surface area contributed by atoms with Gasteiger partial charge in [0.1, 0.15) is 5.75 Å². The Morgan fingerprint density at radius 2 is 2.00 bits per heavy atom. The summed E-state index contributed by atoms with van der Waals surface area (Å²) in [5.41, 5.74) is 1.56. The molecule has 0 amide bonds. The van der Waals surface area contributed by atoms with Gasteiger partial charge >= 0.3 is 0 Å². The van der Waals surface area contributed by atoms with Crippen LogP contribution in [0.3, 0.4) is 0 Å². The lowest BCUT2D eigenvalue weighted by Crippen LogP contribution is -2.14. The standard InChI is InChI=1S/C12H14BrNO/c1-8-5-9(12(2,3)7-14)6-10(15-4)11(8)13/h5-6H,1-4H3. The summed E-state index contributed by atoms with van der Waals surface area (Å²) in [7, 11) is 1.63. The smallest absolute Gasteiger partial charge is 0.133 e. The number of aryl methyl sites for hydroxylation is 1. The van der Waals surface area contributed by atoms with Crippen LogP contribution in [0.2, 0.25) is 0 Å². The van der Waals surface area contributed by atoms with E-state index in [1.54, 1.807) is 7.11 Å². The third-order valence-electron chi connectivity index (χ3n) is 2.44. The van der Waals surface area contributed by atoms with Crippen molar-refractivity contribution in [2.45, 2.75) is 26.2 Å². The first kappa shape index (κ1) is 12.1. The van der Waals surface area contributed by atoms with E-state index in [-0.39, 0.29) is 0 Å². The Labute approximate surface area is 99.0 Å². The Balaban J connectivity index is 3.36. The molecule has 15 heavy (non-hydrogen) atoms. The number of halogens is 1. The van der Waals surface area contributed by atoms with E-state index in [0.29, 0.717) is 0 Å². The fourth-order valence-electron chi connectivity index (χ4n) is 1.31. The third-order valence-corrected chi connectivity index (χ3v) is 3.46. The van der Waals surface area contributed by atoms with Crippen molar-refractivity contribution in [2.75, 3.05) is 7.11 Å². The van der Waals surface area contributed by atoms with Crippen molar-refractivity contribution >= 4 is 15.9 Å². The minimum Gasteiger partial charge on any atom is -0.496 e. The highest BCUT2D eigenvalue weighted by Gasteiger charge is 2.21. The minimum absolute atomic E-state index is 0.487. The molecular formula is C12H14BrNO. The molecule has 0 radical (unpaired) electrons. The molecule has 0 aliphatic heterocycles. The lowest BCUT2D eigenvalue weighted by Gasteiger charge is -2.18. The van der Waals surface area contributed by atoms with Crippen LogP contribution in [0.25, 0.3) is 0 Å². The molecule has 0 atom stereocenters. The van der Waals surface area contributed by atoms with Gasteiger partial charge in [-0.2, -0.15) is 5.26 Å². The van der Waals surface area contributed by atoms with E-state index in [0.717, 1.165) is 21.3 Å². The quantitative estimate of drug-likeness (QED) is 0.821. The topological polar surface area (TPSA) is 33.0 Å². The van der Waals surface area contributed by atoms with Gasteiger partial charge in [-0.15, -0.1) is 0 Å². The Morgan fingerprint density at radius 1 is 1.40 bits per heavy atom. The second kappa shape index (κ2) is 4.24. The van der Waals surface area contributed by atoms with Crippen molar-refractivity contribution < 1.29 is 4.74 Å². The molecular weight excluding hydrogens is 254 g/mol. The number of hydrogen-bond acceptors (Lipinski definition) is 2. The molecule has 0 aromatic heterocycles. The zero-order valence-corrected chi connectivity index (χ0v) is 11.0. The average molecular weight is 268 g/mol. The molecule has 3 heteroatoms. The van der Waals surface area contributed by atoms with Crippen LogP contribution in [0.15, 0.2) is 16.6 Å². The van der Waals surface area contributed by atoms with E-state index in [2.05, 4.69) is 22.0 Å². The van der Waals surface area contributed by atoms with Crippen LogP contribution in [0, 0.1) is 18.3 Å². The van der Waals surface area contributed by atoms with Crippen LogP contribution < -0.4 is 4.74 Å². The number of ether oxygens (including phenoxy) is 1. The van der Waals surface area contributed by atoms with Crippen molar-refractivity contribution in [3.05, 3.63) is 27.7 Å². The molecule has 0 heterocycles. The van der Waals surface area contributed by atoms with Crippen molar-refractivity contribution in [3.63, 3.8) is 0 Å². The van der Waals surface area contributed by atoms with Crippen LogP contribution in [-0.4, -0.2) is 7.11 Å². The Bertz CT molecular complexity index is 418. The van der Waals surface area contributed by atoms with E-state index in [1.807, 2.05) is 32.9 Å². The van der Waals surface area contributed by atoms with Crippen molar-refractivity contribution in [1.82, 2.24) is 0 Å². The zero-order chi connectivity index (χ0) is 11.6. The van der Waals surface area contributed by atoms with Crippen molar-refractivity contribution in [1.29, 1.82) is 5.26 Å². The Hall–Kier alpha value is -1.01. The molecule has 0 bridgehead atoms. The first-order valence-electron chi connectivity index (χ1n) is 4.68. The van der Waals surface area contributed by atoms with Crippen LogP contribution >= 0.6 is 15.9 Å². The van der Waals surface area contributed by atoms with Crippen LogP contribution in [0.1, 0.15) is 25.0 Å². The van der Waals surface area contributed by atoms with Crippen LogP contribution in [-0.2, 0) is 5.41 Å². The number of hydrogen-bond donors (Lipinski definition) is 0. The van der Waals surface area contributed by atoms with Gasteiger partial charge in [0.05, 0.1) is 23.1 Å². The van der Waals surface area contributed by atoms with Gasteiger partial charge in [0.15, 0.2) is 0 Å². The second-order valence-corrected chi connectivity index (χ2v) is 4.84. The summed E-state index contributed by atoms with van der Waals surface area (Å²) in [5, 5.41) is 9.07. The fourth-order valence-corrected chi connectivity index (χ4v) is 1.70. The monoisotopic (exact) mass is 267 g/mol. The molecule has 0 unspecified atom stereocenters. The lowest BCUT2D eigenvalue weighted by molar-refractivity contribution is 0.410. The van der Waals surface area contributed by atoms with Gasteiger partial charge in [0, 0.05) is 0 Å².